The Morgan fingerprint density at radius 3 is 2.92 bits per heavy atom. The molecule has 1 aliphatic rings. The van der Waals surface area contributed by atoms with Gasteiger partial charge in [0.2, 0.25) is 11.8 Å². The molecule has 1 aromatic heterocycles. The van der Waals surface area contributed by atoms with Crippen LogP contribution in [-0.4, -0.2) is 10.2 Å². The number of rotatable bonds is 1. The van der Waals surface area contributed by atoms with Crippen LogP contribution in [0.1, 0.15) is 25.1 Å². The molecule has 3 heteroatoms. The molecule has 0 saturated carbocycles. The molecule has 1 unspecified atom stereocenters. The Balaban J connectivity index is 2.31. The summed E-state index contributed by atoms with van der Waals surface area (Å²) in [4.78, 5) is 0. The summed E-state index contributed by atoms with van der Waals surface area (Å²) >= 11 is 0. The third kappa shape index (κ3) is 1.69. The van der Waals surface area contributed by atoms with E-state index in [0.717, 1.165) is 12.0 Å². The molecular weight excluding hydrogens is 164 g/mol. The quantitative estimate of drug-likeness (QED) is 0.659. The highest BCUT2D eigenvalue weighted by atomic mass is 16.4. The van der Waals surface area contributed by atoms with Crippen molar-refractivity contribution in [3.05, 3.63) is 30.0 Å². The van der Waals surface area contributed by atoms with Crippen molar-refractivity contribution in [2.45, 2.75) is 20.3 Å². The molecule has 0 fully saturated rings. The first-order chi connectivity index (χ1) is 6.25. The molecule has 13 heavy (non-hydrogen) atoms. The Labute approximate surface area is 77.2 Å². The smallest absolute Gasteiger partial charge is 0.247 e. The minimum absolute atomic E-state index is 0.562. The molecule has 0 aromatic carbocycles. The summed E-state index contributed by atoms with van der Waals surface area (Å²) in [5.74, 6) is 1.80. The predicted molar refractivity (Wildman–Crippen MR) is 49.9 cm³/mol. The van der Waals surface area contributed by atoms with Gasteiger partial charge in [0.25, 0.3) is 0 Å². The lowest BCUT2D eigenvalue weighted by molar-refractivity contribution is 0.506. The fourth-order valence-corrected chi connectivity index (χ4v) is 1.40. The maximum atomic E-state index is 5.33. The number of allylic oxidation sites excluding steroid dienone is 4. The second kappa shape index (κ2) is 3.17. The van der Waals surface area contributed by atoms with Gasteiger partial charge in [-0.1, -0.05) is 25.2 Å². The van der Waals surface area contributed by atoms with E-state index in [-0.39, 0.29) is 0 Å². The Morgan fingerprint density at radius 2 is 2.31 bits per heavy atom. The SMILES string of the molecule is Cc1nnc(C2=CC(C)CC=C2)o1. The second-order valence-corrected chi connectivity index (χ2v) is 3.36. The van der Waals surface area contributed by atoms with Crippen molar-refractivity contribution in [1.29, 1.82) is 0 Å². The van der Waals surface area contributed by atoms with Crippen molar-refractivity contribution < 1.29 is 4.42 Å². The highest BCUT2D eigenvalue weighted by Gasteiger charge is 2.10. The van der Waals surface area contributed by atoms with Crippen LogP contribution < -0.4 is 0 Å². The van der Waals surface area contributed by atoms with Crippen LogP contribution in [0.5, 0.6) is 0 Å². The van der Waals surface area contributed by atoms with Crippen LogP contribution in [0.25, 0.3) is 5.57 Å². The average molecular weight is 176 g/mol. The van der Waals surface area contributed by atoms with Gasteiger partial charge in [0.15, 0.2) is 0 Å². The molecule has 0 bridgehead atoms. The van der Waals surface area contributed by atoms with E-state index >= 15 is 0 Å². The van der Waals surface area contributed by atoms with Crippen molar-refractivity contribution in [3.63, 3.8) is 0 Å². The largest absolute Gasteiger partial charge is 0.421 e. The highest BCUT2D eigenvalue weighted by Crippen LogP contribution is 2.23. The monoisotopic (exact) mass is 176 g/mol. The van der Waals surface area contributed by atoms with E-state index in [0.29, 0.717) is 17.7 Å². The first kappa shape index (κ1) is 8.23. The lowest BCUT2D eigenvalue weighted by atomic mass is 9.98. The normalized spacial score (nSPS) is 21.7. The molecule has 3 nitrogen and oxygen atoms in total. The molecule has 0 N–H and O–H groups in total. The number of hydrogen-bond donors (Lipinski definition) is 0. The molecular formula is C10H12N2O. The molecule has 1 atom stereocenters. The van der Waals surface area contributed by atoms with Crippen LogP contribution in [0, 0.1) is 12.8 Å². The maximum absolute atomic E-state index is 5.33. The van der Waals surface area contributed by atoms with Crippen LogP contribution in [0.4, 0.5) is 0 Å². The van der Waals surface area contributed by atoms with Crippen LogP contribution in [-0.2, 0) is 0 Å². The van der Waals surface area contributed by atoms with Crippen molar-refractivity contribution in [2.75, 3.05) is 0 Å². The summed E-state index contributed by atoms with van der Waals surface area (Å²) in [6.45, 7) is 3.97. The van der Waals surface area contributed by atoms with Crippen LogP contribution in [0.2, 0.25) is 0 Å². The van der Waals surface area contributed by atoms with Gasteiger partial charge in [-0.25, -0.2) is 0 Å². The van der Waals surface area contributed by atoms with Gasteiger partial charge in [-0.05, 0) is 12.3 Å². The maximum Gasteiger partial charge on any atom is 0.247 e. The van der Waals surface area contributed by atoms with E-state index in [1.54, 1.807) is 6.92 Å². The fraction of sp³-hybridized carbons (Fsp3) is 0.400. The molecule has 68 valence electrons. The third-order valence-corrected chi connectivity index (χ3v) is 2.04. The summed E-state index contributed by atoms with van der Waals surface area (Å²) in [6.07, 6.45) is 7.43. The molecule has 1 heterocycles. The summed E-state index contributed by atoms with van der Waals surface area (Å²) in [6, 6.07) is 0. The number of nitrogens with zero attached hydrogens (tertiary/aromatic N) is 2. The van der Waals surface area contributed by atoms with E-state index < -0.39 is 0 Å². The second-order valence-electron chi connectivity index (χ2n) is 3.36. The van der Waals surface area contributed by atoms with Crippen molar-refractivity contribution in [1.82, 2.24) is 10.2 Å². The van der Waals surface area contributed by atoms with E-state index in [1.165, 1.54) is 0 Å². The van der Waals surface area contributed by atoms with Crippen LogP contribution in [0.3, 0.4) is 0 Å². The number of aromatic nitrogens is 2. The average Bonchev–Trinajstić information content (AvgIpc) is 2.52. The molecule has 0 spiro atoms. The minimum atomic E-state index is 0.562. The first-order valence-corrected chi connectivity index (χ1v) is 4.44. The third-order valence-electron chi connectivity index (χ3n) is 2.04. The summed E-state index contributed by atoms with van der Waals surface area (Å²) in [5, 5.41) is 7.76. The molecule has 1 aliphatic carbocycles. The van der Waals surface area contributed by atoms with Gasteiger partial charge in [0.1, 0.15) is 0 Å². The number of aryl methyl sites for hydroxylation is 1. The Kier molecular flexibility index (Phi) is 2.00. The molecule has 1 aromatic rings. The van der Waals surface area contributed by atoms with Gasteiger partial charge in [-0.2, -0.15) is 0 Å². The van der Waals surface area contributed by atoms with Gasteiger partial charge < -0.3 is 4.42 Å². The van der Waals surface area contributed by atoms with E-state index in [2.05, 4.69) is 29.3 Å². The summed E-state index contributed by atoms with van der Waals surface area (Å²) in [7, 11) is 0. The standard InChI is InChI=1S/C10H12N2O/c1-7-4-3-5-9(6-7)10-12-11-8(2)13-10/h3,5-7H,4H2,1-2H3. The van der Waals surface area contributed by atoms with Crippen molar-refractivity contribution in [2.24, 2.45) is 5.92 Å². The highest BCUT2D eigenvalue weighted by molar-refractivity contribution is 5.69. The van der Waals surface area contributed by atoms with E-state index in [4.69, 9.17) is 4.42 Å². The molecule has 0 amide bonds. The van der Waals surface area contributed by atoms with Gasteiger partial charge >= 0.3 is 0 Å². The molecule has 2 rings (SSSR count). The van der Waals surface area contributed by atoms with Crippen molar-refractivity contribution in [3.8, 4) is 0 Å². The topological polar surface area (TPSA) is 38.9 Å². The molecule has 0 aliphatic heterocycles. The van der Waals surface area contributed by atoms with E-state index in [9.17, 15) is 0 Å². The van der Waals surface area contributed by atoms with Crippen LogP contribution in [0.15, 0.2) is 22.6 Å². The van der Waals surface area contributed by atoms with Gasteiger partial charge in [0.05, 0.1) is 0 Å². The zero-order valence-electron chi connectivity index (χ0n) is 7.82. The van der Waals surface area contributed by atoms with Gasteiger partial charge in [0, 0.05) is 12.5 Å². The summed E-state index contributed by atoms with van der Waals surface area (Å²) in [5.41, 5.74) is 1.04. The molecule has 0 radical (unpaired) electrons. The van der Waals surface area contributed by atoms with Crippen molar-refractivity contribution >= 4 is 5.57 Å². The first-order valence-electron chi connectivity index (χ1n) is 4.44. The predicted octanol–water partition coefficient (Wildman–Crippen LogP) is 2.36. The van der Waals surface area contributed by atoms with Crippen LogP contribution >= 0.6 is 0 Å². The molecule has 0 saturated heterocycles. The zero-order valence-corrected chi connectivity index (χ0v) is 7.82. The van der Waals surface area contributed by atoms with Gasteiger partial charge in [-0.15, -0.1) is 10.2 Å². The minimum Gasteiger partial charge on any atom is -0.421 e. The van der Waals surface area contributed by atoms with E-state index in [1.807, 2.05) is 6.08 Å². The Hall–Kier alpha value is -1.38. The fourth-order valence-electron chi connectivity index (χ4n) is 1.40. The van der Waals surface area contributed by atoms with Gasteiger partial charge in [-0.3, -0.25) is 0 Å². The lowest BCUT2D eigenvalue weighted by Gasteiger charge is -2.08. The number of hydrogen-bond acceptors (Lipinski definition) is 3. The Bertz CT molecular complexity index is 363. The zero-order chi connectivity index (χ0) is 9.26. The summed E-state index contributed by atoms with van der Waals surface area (Å²) < 4.78 is 5.33. The lowest BCUT2D eigenvalue weighted by Crippen LogP contribution is -1.94. The Morgan fingerprint density at radius 1 is 1.46 bits per heavy atom.